The van der Waals surface area contributed by atoms with Gasteiger partial charge in [-0.2, -0.15) is 10.4 Å². The van der Waals surface area contributed by atoms with Crippen LogP contribution in [-0.4, -0.2) is 39.4 Å². The van der Waals surface area contributed by atoms with Crippen LogP contribution in [0.2, 0.25) is 0 Å². The maximum absolute atomic E-state index is 14.6. The Balaban J connectivity index is 1.53. The molecule has 1 fully saturated rings. The smallest absolute Gasteiger partial charge is 0.158 e. The molecule has 0 bridgehead atoms. The van der Waals surface area contributed by atoms with E-state index >= 15 is 0 Å². The van der Waals surface area contributed by atoms with Gasteiger partial charge in [-0.15, -0.1) is 0 Å². The number of hydrogen-bond acceptors (Lipinski definition) is 7. The molecule has 8 nitrogen and oxygen atoms in total. The number of nitriles is 1. The van der Waals surface area contributed by atoms with Crippen molar-refractivity contribution in [2.75, 3.05) is 12.4 Å². The Bertz CT molecular complexity index is 1010. The molecule has 3 aromatic rings. The third kappa shape index (κ3) is 3.63. The Morgan fingerprint density at radius 3 is 2.82 bits per heavy atom. The number of aromatic amines is 1. The zero-order valence-corrected chi connectivity index (χ0v) is 15.1. The fourth-order valence-electron chi connectivity index (χ4n) is 3.04. The Morgan fingerprint density at radius 1 is 1.25 bits per heavy atom. The Labute approximate surface area is 160 Å². The number of ether oxygens (including phenoxy) is 1. The summed E-state index contributed by atoms with van der Waals surface area (Å²) in [5.41, 5.74) is 1.04. The first kappa shape index (κ1) is 17.9. The number of hydrogen-bond donors (Lipinski definition) is 3. The third-order valence-corrected chi connectivity index (χ3v) is 4.64. The lowest BCUT2D eigenvalue weighted by atomic mass is 9.89. The lowest BCUT2D eigenvalue weighted by Crippen LogP contribution is -2.45. The summed E-state index contributed by atoms with van der Waals surface area (Å²) in [6, 6.07) is 8.79. The zero-order valence-electron chi connectivity index (χ0n) is 15.1. The number of nitrogens with zero attached hydrogens (tertiary/aromatic N) is 4. The Hall–Kier alpha value is -3.51. The number of H-pyrrole nitrogens is 1. The molecule has 4 rings (SSSR count). The van der Waals surface area contributed by atoms with Crippen LogP contribution in [0.15, 0.2) is 36.7 Å². The van der Waals surface area contributed by atoms with Gasteiger partial charge in [-0.1, -0.05) is 6.07 Å². The van der Waals surface area contributed by atoms with E-state index in [1.165, 1.54) is 18.5 Å². The van der Waals surface area contributed by atoms with E-state index in [0.717, 1.165) is 12.8 Å². The molecule has 28 heavy (non-hydrogen) atoms. The molecule has 0 spiro atoms. The Kier molecular flexibility index (Phi) is 4.87. The quantitative estimate of drug-likeness (QED) is 0.604. The number of nitrogens with one attached hydrogen (secondary N) is 3. The second-order valence-electron chi connectivity index (χ2n) is 6.50. The van der Waals surface area contributed by atoms with Crippen molar-refractivity contribution >= 4 is 11.6 Å². The van der Waals surface area contributed by atoms with E-state index in [0.29, 0.717) is 34.7 Å². The van der Waals surface area contributed by atoms with Crippen LogP contribution in [-0.2, 0) is 0 Å². The summed E-state index contributed by atoms with van der Waals surface area (Å²) < 4.78 is 20.6. The summed E-state index contributed by atoms with van der Waals surface area (Å²) in [7, 11) is 1.92. The van der Waals surface area contributed by atoms with Crippen molar-refractivity contribution in [3.8, 4) is 23.1 Å². The molecule has 1 aromatic carbocycles. The van der Waals surface area contributed by atoms with Crippen LogP contribution < -0.4 is 15.4 Å². The topological polar surface area (TPSA) is 112 Å². The van der Waals surface area contributed by atoms with Gasteiger partial charge in [-0.25, -0.2) is 14.4 Å². The highest BCUT2D eigenvalue weighted by atomic mass is 19.1. The third-order valence-electron chi connectivity index (χ3n) is 4.64. The minimum absolute atomic E-state index is 0.0624. The van der Waals surface area contributed by atoms with Crippen LogP contribution >= 0.6 is 0 Å². The molecular formula is C19H18FN7O. The van der Waals surface area contributed by atoms with Gasteiger partial charge >= 0.3 is 0 Å². The van der Waals surface area contributed by atoms with Crippen LogP contribution in [0.5, 0.6) is 5.75 Å². The van der Waals surface area contributed by atoms with E-state index in [-0.39, 0.29) is 11.8 Å². The lowest BCUT2D eigenvalue weighted by Gasteiger charge is -2.35. The molecule has 0 atom stereocenters. The molecule has 1 saturated carbocycles. The van der Waals surface area contributed by atoms with Crippen molar-refractivity contribution in [2.45, 2.75) is 25.0 Å². The molecule has 0 unspecified atom stereocenters. The number of aromatic nitrogens is 4. The maximum atomic E-state index is 14.6. The predicted octanol–water partition coefficient (Wildman–Crippen LogP) is 2.75. The molecule has 1 aliphatic carbocycles. The monoisotopic (exact) mass is 379 g/mol. The van der Waals surface area contributed by atoms with Gasteiger partial charge < -0.3 is 15.4 Å². The standard InChI is InChI=1S/C19H18FN7O/c1-22-11-5-13(6-11)28-16-4-2-3-14(20)19(16)15-7-17(27-26-15)25-18-10-23-12(8-21)9-24-18/h2-4,7,9-11,13,22H,5-6H2,1H3,(H2,24,25,26,27)/t11-,13-. The van der Waals surface area contributed by atoms with Crippen molar-refractivity contribution in [2.24, 2.45) is 0 Å². The van der Waals surface area contributed by atoms with E-state index < -0.39 is 5.82 Å². The van der Waals surface area contributed by atoms with Gasteiger partial charge in [0.25, 0.3) is 0 Å². The van der Waals surface area contributed by atoms with Gasteiger partial charge in [-0.05, 0) is 32.0 Å². The van der Waals surface area contributed by atoms with E-state index in [2.05, 4.69) is 30.8 Å². The Morgan fingerprint density at radius 2 is 2.11 bits per heavy atom. The van der Waals surface area contributed by atoms with Crippen molar-refractivity contribution in [1.29, 1.82) is 5.26 Å². The number of anilines is 2. The fourth-order valence-corrected chi connectivity index (χ4v) is 3.04. The highest BCUT2D eigenvalue weighted by Gasteiger charge is 2.30. The lowest BCUT2D eigenvalue weighted by molar-refractivity contribution is 0.0887. The van der Waals surface area contributed by atoms with Crippen LogP contribution in [0.1, 0.15) is 18.5 Å². The van der Waals surface area contributed by atoms with Gasteiger partial charge in [0.05, 0.1) is 23.7 Å². The van der Waals surface area contributed by atoms with Crippen molar-refractivity contribution < 1.29 is 9.13 Å². The van der Waals surface area contributed by atoms with Crippen LogP contribution in [0.25, 0.3) is 11.3 Å². The minimum Gasteiger partial charge on any atom is -0.489 e. The number of rotatable bonds is 6. The average Bonchev–Trinajstić information content (AvgIpc) is 3.13. The molecule has 0 aliphatic heterocycles. The van der Waals surface area contributed by atoms with Crippen LogP contribution in [0, 0.1) is 17.1 Å². The van der Waals surface area contributed by atoms with Crippen molar-refractivity contribution in [3.05, 3.63) is 48.2 Å². The maximum Gasteiger partial charge on any atom is 0.158 e. The molecule has 142 valence electrons. The summed E-state index contributed by atoms with van der Waals surface area (Å²) in [5, 5.41) is 21.9. The minimum atomic E-state index is -0.393. The summed E-state index contributed by atoms with van der Waals surface area (Å²) >= 11 is 0. The molecule has 9 heteroatoms. The highest BCUT2D eigenvalue weighted by molar-refractivity contribution is 5.71. The molecule has 0 radical (unpaired) electrons. The summed E-state index contributed by atoms with van der Waals surface area (Å²) in [5.74, 6) is 0.958. The van der Waals surface area contributed by atoms with Gasteiger partial charge in [0.2, 0.25) is 0 Å². The molecule has 2 aromatic heterocycles. The highest BCUT2D eigenvalue weighted by Crippen LogP contribution is 2.36. The SMILES string of the molecule is CN[C@H]1C[C@H](Oc2cccc(F)c2-c2cc(Nc3cnc(C#N)cn3)n[nH]2)C1. The molecule has 2 heterocycles. The summed E-state index contributed by atoms with van der Waals surface area (Å²) in [4.78, 5) is 8.02. The van der Waals surface area contributed by atoms with E-state index in [1.54, 1.807) is 18.2 Å². The van der Waals surface area contributed by atoms with Gasteiger partial charge in [0, 0.05) is 12.1 Å². The van der Waals surface area contributed by atoms with E-state index in [1.807, 2.05) is 13.1 Å². The average molecular weight is 379 g/mol. The van der Waals surface area contributed by atoms with Crippen molar-refractivity contribution in [1.82, 2.24) is 25.5 Å². The van der Waals surface area contributed by atoms with E-state index in [9.17, 15) is 4.39 Å². The first-order valence-corrected chi connectivity index (χ1v) is 8.83. The first-order chi connectivity index (χ1) is 13.7. The van der Waals surface area contributed by atoms with E-state index in [4.69, 9.17) is 10.00 Å². The van der Waals surface area contributed by atoms with Gasteiger partial charge in [0.15, 0.2) is 11.5 Å². The molecule has 3 N–H and O–H groups in total. The molecule has 1 aliphatic rings. The second-order valence-corrected chi connectivity index (χ2v) is 6.50. The normalized spacial score (nSPS) is 18.2. The first-order valence-electron chi connectivity index (χ1n) is 8.83. The molecule has 0 saturated heterocycles. The zero-order chi connectivity index (χ0) is 19.5. The van der Waals surface area contributed by atoms with Gasteiger partial charge in [-0.3, -0.25) is 5.10 Å². The largest absolute Gasteiger partial charge is 0.489 e. The second kappa shape index (κ2) is 7.62. The van der Waals surface area contributed by atoms with Crippen molar-refractivity contribution in [3.63, 3.8) is 0 Å². The number of benzene rings is 1. The number of halogens is 1. The molecule has 0 amide bonds. The molecular weight excluding hydrogens is 361 g/mol. The summed E-state index contributed by atoms with van der Waals surface area (Å²) in [6.07, 6.45) is 4.63. The predicted molar refractivity (Wildman–Crippen MR) is 101 cm³/mol. The van der Waals surface area contributed by atoms with Gasteiger partial charge in [0.1, 0.15) is 29.6 Å². The van der Waals surface area contributed by atoms with Crippen LogP contribution in [0.4, 0.5) is 16.0 Å². The fraction of sp³-hybridized carbons (Fsp3) is 0.263. The summed E-state index contributed by atoms with van der Waals surface area (Å²) in [6.45, 7) is 0. The van der Waals surface area contributed by atoms with Crippen LogP contribution in [0.3, 0.4) is 0 Å².